The lowest BCUT2D eigenvalue weighted by molar-refractivity contribution is -0.0749. The molecular formula is C15H21NO7S. The number of methoxy groups -OCH3 is 2. The van der Waals surface area contributed by atoms with Crippen molar-refractivity contribution in [3.8, 4) is 5.75 Å². The van der Waals surface area contributed by atoms with Gasteiger partial charge in [0, 0.05) is 39.2 Å². The minimum absolute atomic E-state index is 0.0415. The van der Waals surface area contributed by atoms with Gasteiger partial charge < -0.3 is 19.3 Å². The van der Waals surface area contributed by atoms with Crippen LogP contribution in [0, 0.1) is 0 Å². The highest BCUT2D eigenvalue weighted by Crippen LogP contribution is 2.29. The van der Waals surface area contributed by atoms with Crippen LogP contribution in [0.25, 0.3) is 0 Å². The van der Waals surface area contributed by atoms with Crippen LogP contribution in [0.15, 0.2) is 18.2 Å². The van der Waals surface area contributed by atoms with Crippen LogP contribution in [0.3, 0.4) is 0 Å². The Balaban J connectivity index is 2.26. The first-order chi connectivity index (χ1) is 11.3. The molecule has 1 heterocycles. The maximum absolute atomic E-state index is 12.5. The topological polar surface area (TPSA) is 111 Å². The van der Waals surface area contributed by atoms with Crippen LogP contribution in [0.4, 0.5) is 5.69 Å². The molecule has 8 nitrogen and oxygen atoms in total. The normalized spacial score (nSPS) is 17.2. The molecule has 1 saturated heterocycles. The smallest absolute Gasteiger partial charge is 0.337 e. The second-order valence-electron chi connectivity index (χ2n) is 5.58. The molecular weight excluding hydrogens is 338 g/mol. The number of sulfonamides is 1. The minimum atomic E-state index is -3.84. The van der Waals surface area contributed by atoms with Crippen LogP contribution in [-0.4, -0.2) is 58.3 Å². The SMILES string of the molecule is COc1ccc(C(=O)O)c(NS(=O)(=O)CC2(OC)CCOCC2)c1. The van der Waals surface area contributed by atoms with Gasteiger partial charge in [-0.2, -0.15) is 0 Å². The largest absolute Gasteiger partial charge is 0.497 e. The van der Waals surface area contributed by atoms with E-state index < -0.39 is 21.6 Å². The van der Waals surface area contributed by atoms with E-state index >= 15 is 0 Å². The third kappa shape index (κ3) is 4.37. The minimum Gasteiger partial charge on any atom is -0.497 e. The third-order valence-corrected chi connectivity index (χ3v) is 5.45. The van der Waals surface area contributed by atoms with Crippen LogP contribution < -0.4 is 9.46 Å². The zero-order valence-electron chi connectivity index (χ0n) is 13.6. The van der Waals surface area contributed by atoms with Gasteiger partial charge in [-0.1, -0.05) is 0 Å². The van der Waals surface area contributed by atoms with E-state index in [2.05, 4.69) is 4.72 Å². The summed E-state index contributed by atoms with van der Waals surface area (Å²) in [6.07, 6.45) is 0.905. The number of carboxylic acid groups (broad SMARTS) is 1. The zero-order chi connectivity index (χ0) is 17.8. The van der Waals surface area contributed by atoms with Crippen LogP contribution in [-0.2, 0) is 19.5 Å². The van der Waals surface area contributed by atoms with Crippen LogP contribution in [0.2, 0.25) is 0 Å². The molecule has 9 heteroatoms. The number of hydrogen-bond donors (Lipinski definition) is 2. The van der Waals surface area contributed by atoms with E-state index in [4.69, 9.17) is 14.2 Å². The molecule has 0 aliphatic carbocycles. The molecule has 0 unspecified atom stereocenters. The number of nitrogens with one attached hydrogen (secondary N) is 1. The van der Waals surface area contributed by atoms with Crippen molar-refractivity contribution in [3.05, 3.63) is 23.8 Å². The first-order valence-electron chi connectivity index (χ1n) is 7.35. The summed E-state index contributed by atoms with van der Waals surface area (Å²) >= 11 is 0. The van der Waals surface area contributed by atoms with E-state index in [-0.39, 0.29) is 17.0 Å². The maximum Gasteiger partial charge on any atom is 0.337 e. The molecule has 1 aliphatic heterocycles. The Hall–Kier alpha value is -1.84. The molecule has 0 spiro atoms. The first kappa shape index (κ1) is 18.5. The standard InChI is InChI=1S/C15H21NO7S/c1-21-11-3-4-12(14(17)18)13(9-11)16-24(19,20)10-15(22-2)5-7-23-8-6-15/h3-4,9,16H,5-8,10H2,1-2H3,(H,17,18). The molecule has 1 aromatic rings. The lowest BCUT2D eigenvalue weighted by Gasteiger charge is -2.35. The van der Waals surface area contributed by atoms with Crippen molar-refractivity contribution < 1.29 is 32.5 Å². The van der Waals surface area contributed by atoms with E-state index in [0.29, 0.717) is 31.8 Å². The molecule has 0 atom stereocenters. The molecule has 0 aromatic heterocycles. The Labute approximate surface area is 140 Å². The van der Waals surface area contributed by atoms with Crippen molar-refractivity contribution in [1.29, 1.82) is 0 Å². The van der Waals surface area contributed by atoms with Crippen molar-refractivity contribution >= 4 is 21.7 Å². The summed E-state index contributed by atoms with van der Waals surface area (Å²) in [7, 11) is -0.955. The van der Waals surface area contributed by atoms with Crippen molar-refractivity contribution in [1.82, 2.24) is 0 Å². The number of ether oxygens (including phenoxy) is 3. The van der Waals surface area contributed by atoms with Gasteiger partial charge in [0.1, 0.15) is 5.75 Å². The van der Waals surface area contributed by atoms with E-state index in [1.54, 1.807) is 0 Å². The summed E-state index contributed by atoms with van der Waals surface area (Å²) < 4.78 is 43.1. The van der Waals surface area contributed by atoms with Gasteiger partial charge in [-0.05, 0) is 12.1 Å². The van der Waals surface area contributed by atoms with Crippen molar-refractivity contribution in [2.24, 2.45) is 0 Å². The van der Waals surface area contributed by atoms with Gasteiger partial charge in [-0.25, -0.2) is 13.2 Å². The molecule has 1 fully saturated rings. The van der Waals surface area contributed by atoms with E-state index in [1.165, 1.54) is 32.4 Å². The number of hydrogen-bond acceptors (Lipinski definition) is 6. The summed E-state index contributed by atoms with van der Waals surface area (Å²) in [4.78, 5) is 11.3. The first-order valence-corrected chi connectivity index (χ1v) is 9.01. The third-order valence-electron chi connectivity index (χ3n) is 4.01. The Bertz CT molecular complexity index is 696. The van der Waals surface area contributed by atoms with Crippen molar-refractivity contribution in [2.75, 3.05) is 37.9 Å². The average Bonchev–Trinajstić information content (AvgIpc) is 2.54. The quantitative estimate of drug-likeness (QED) is 0.755. The molecule has 2 rings (SSSR count). The van der Waals surface area contributed by atoms with Gasteiger partial charge in [-0.15, -0.1) is 0 Å². The lowest BCUT2D eigenvalue weighted by atomic mass is 9.97. The highest BCUT2D eigenvalue weighted by Gasteiger charge is 2.37. The summed E-state index contributed by atoms with van der Waals surface area (Å²) in [5.74, 6) is -1.16. The molecule has 1 aromatic carbocycles. The summed E-state index contributed by atoms with van der Waals surface area (Å²) in [5, 5.41) is 9.23. The molecule has 0 saturated carbocycles. The fourth-order valence-corrected chi connectivity index (χ4v) is 4.30. The van der Waals surface area contributed by atoms with Crippen molar-refractivity contribution in [3.63, 3.8) is 0 Å². The maximum atomic E-state index is 12.5. The Kier molecular flexibility index (Phi) is 5.68. The second kappa shape index (κ2) is 7.37. The van der Waals surface area contributed by atoms with Crippen LogP contribution >= 0.6 is 0 Å². The lowest BCUT2D eigenvalue weighted by Crippen LogP contribution is -2.45. The Morgan fingerprint density at radius 2 is 2.00 bits per heavy atom. The molecule has 0 amide bonds. The number of aromatic carboxylic acids is 1. The highest BCUT2D eigenvalue weighted by molar-refractivity contribution is 7.92. The van der Waals surface area contributed by atoms with Crippen LogP contribution in [0.5, 0.6) is 5.75 Å². The van der Waals surface area contributed by atoms with E-state index in [0.717, 1.165) is 0 Å². The Morgan fingerprint density at radius 1 is 1.33 bits per heavy atom. The predicted molar refractivity (Wildman–Crippen MR) is 87.2 cm³/mol. The molecule has 24 heavy (non-hydrogen) atoms. The Morgan fingerprint density at radius 3 is 2.54 bits per heavy atom. The molecule has 1 aliphatic rings. The van der Waals surface area contributed by atoms with Gasteiger partial charge in [0.2, 0.25) is 10.0 Å². The molecule has 0 radical (unpaired) electrons. The van der Waals surface area contributed by atoms with Crippen LogP contribution in [0.1, 0.15) is 23.2 Å². The fraction of sp³-hybridized carbons (Fsp3) is 0.533. The highest BCUT2D eigenvalue weighted by atomic mass is 32.2. The van der Waals surface area contributed by atoms with Crippen molar-refractivity contribution in [2.45, 2.75) is 18.4 Å². The zero-order valence-corrected chi connectivity index (χ0v) is 14.4. The predicted octanol–water partition coefficient (Wildman–Crippen LogP) is 1.33. The van der Waals surface area contributed by atoms with Gasteiger partial charge in [0.15, 0.2) is 0 Å². The molecule has 2 N–H and O–H groups in total. The molecule has 0 bridgehead atoms. The van der Waals surface area contributed by atoms with E-state index in [9.17, 15) is 18.3 Å². The fourth-order valence-electron chi connectivity index (χ4n) is 2.62. The molecule has 134 valence electrons. The van der Waals surface area contributed by atoms with Gasteiger partial charge in [-0.3, -0.25) is 4.72 Å². The summed E-state index contributed by atoms with van der Waals surface area (Å²) in [6, 6.07) is 4.08. The van der Waals surface area contributed by atoms with Gasteiger partial charge >= 0.3 is 5.97 Å². The monoisotopic (exact) mass is 359 g/mol. The number of anilines is 1. The summed E-state index contributed by atoms with van der Waals surface area (Å²) in [6.45, 7) is 0.839. The number of carbonyl (C=O) groups is 1. The number of carboxylic acids is 1. The van der Waals surface area contributed by atoms with Gasteiger partial charge in [0.05, 0.1) is 29.7 Å². The number of benzene rings is 1. The average molecular weight is 359 g/mol. The summed E-state index contributed by atoms with van der Waals surface area (Å²) in [5.41, 5.74) is -1.04. The number of rotatable bonds is 7. The second-order valence-corrected chi connectivity index (χ2v) is 7.30. The van der Waals surface area contributed by atoms with Gasteiger partial charge in [0.25, 0.3) is 0 Å². The van der Waals surface area contributed by atoms with E-state index in [1.807, 2.05) is 0 Å².